The van der Waals surface area contributed by atoms with Crippen LogP contribution in [0.1, 0.15) is 24.2 Å². The number of aromatic nitrogens is 1. The lowest BCUT2D eigenvalue weighted by Gasteiger charge is -2.11. The highest BCUT2D eigenvalue weighted by Gasteiger charge is 2.17. The molecule has 0 fully saturated rings. The molecule has 1 unspecified atom stereocenters. The van der Waals surface area contributed by atoms with E-state index in [-0.39, 0.29) is 28.8 Å². The number of carbonyl (C=O) groups excluding carboxylic acids is 1. The first-order chi connectivity index (χ1) is 11.6. The van der Waals surface area contributed by atoms with Crippen molar-refractivity contribution in [1.29, 1.82) is 0 Å². The van der Waals surface area contributed by atoms with Crippen LogP contribution in [0.4, 0.5) is 5.13 Å². The SMILES string of the molecule is CCOc1cccc2sc(NC(C)C(=O)c3ccc(Cl)cc3)nc12.[Br-]. The first-order valence-corrected chi connectivity index (χ1v) is 8.86. The van der Waals surface area contributed by atoms with E-state index in [1.54, 1.807) is 24.3 Å². The highest BCUT2D eigenvalue weighted by Crippen LogP contribution is 2.32. The van der Waals surface area contributed by atoms with Gasteiger partial charge in [0, 0.05) is 10.6 Å². The Morgan fingerprint density at radius 2 is 2.00 bits per heavy atom. The second-order valence-electron chi connectivity index (χ2n) is 5.29. The molecule has 1 heterocycles. The zero-order valence-electron chi connectivity index (χ0n) is 13.8. The van der Waals surface area contributed by atoms with Crippen LogP contribution < -0.4 is 27.0 Å². The van der Waals surface area contributed by atoms with Crippen LogP contribution in [-0.4, -0.2) is 23.4 Å². The van der Waals surface area contributed by atoms with E-state index in [0.717, 1.165) is 16.0 Å². The monoisotopic (exact) mass is 439 g/mol. The molecule has 7 heteroatoms. The lowest BCUT2D eigenvalue weighted by molar-refractivity contribution is -0.0000126. The maximum Gasteiger partial charge on any atom is 0.184 e. The number of Topliss-reactive ketones (excluding diaryl/α,β-unsaturated/α-hetero) is 1. The number of carbonyl (C=O) groups is 1. The van der Waals surface area contributed by atoms with Crippen LogP contribution in [0.5, 0.6) is 5.75 Å². The van der Waals surface area contributed by atoms with Gasteiger partial charge in [-0.25, -0.2) is 4.98 Å². The van der Waals surface area contributed by atoms with Crippen LogP contribution in [0.3, 0.4) is 0 Å². The molecule has 0 saturated carbocycles. The fourth-order valence-electron chi connectivity index (χ4n) is 2.37. The van der Waals surface area contributed by atoms with Crippen LogP contribution in [0.2, 0.25) is 5.02 Å². The summed E-state index contributed by atoms with van der Waals surface area (Å²) >= 11 is 7.37. The Balaban J connectivity index is 0.00000225. The molecule has 1 N–H and O–H groups in total. The smallest absolute Gasteiger partial charge is 0.184 e. The number of benzene rings is 2. The maximum atomic E-state index is 12.5. The molecule has 3 rings (SSSR count). The van der Waals surface area contributed by atoms with E-state index in [9.17, 15) is 4.79 Å². The van der Waals surface area contributed by atoms with Gasteiger partial charge >= 0.3 is 0 Å². The molecule has 0 aliphatic rings. The van der Waals surface area contributed by atoms with E-state index in [0.29, 0.717) is 22.3 Å². The zero-order chi connectivity index (χ0) is 17.1. The number of thiazole rings is 1. The number of nitrogens with one attached hydrogen (secondary N) is 1. The van der Waals surface area contributed by atoms with E-state index >= 15 is 0 Å². The average Bonchev–Trinajstić information content (AvgIpc) is 2.98. The number of hydrogen-bond donors (Lipinski definition) is 1. The van der Waals surface area contributed by atoms with Gasteiger partial charge in [0.25, 0.3) is 0 Å². The summed E-state index contributed by atoms with van der Waals surface area (Å²) in [5, 5.41) is 4.50. The number of ketones is 1. The van der Waals surface area contributed by atoms with Gasteiger partial charge in [-0.3, -0.25) is 4.79 Å². The number of fused-ring (bicyclic) bond motifs is 1. The Hall–Kier alpha value is -1.63. The number of halogens is 2. The van der Waals surface area contributed by atoms with Gasteiger partial charge < -0.3 is 27.0 Å². The molecule has 2 aromatic carbocycles. The standard InChI is InChI=1S/C18H17ClN2O2S.BrH/c1-3-23-14-5-4-6-15-16(14)21-18(24-15)20-11(2)17(22)12-7-9-13(19)10-8-12;/h4-11H,3H2,1-2H3,(H,20,21);1H/p-1. The minimum atomic E-state index is -0.387. The molecule has 1 aromatic heterocycles. The molecule has 3 aromatic rings. The summed E-state index contributed by atoms with van der Waals surface area (Å²) in [6, 6.07) is 12.3. The molecule has 0 spiro atoms. The minimum absolute atomic E-state index is 0. The summed E-state index contributed by atoms with van der Waals surface area (Å²) in [6.45, 7) is 4.36. The summed E-state index contributed by atoms with van der Waals surface area (Å²) in [6.07, 6.45) is 0. The van der Waals surface area contributed by atoms with Gasteiger partial charge in [-0.05, 0) is 50.2 Å². The van der Waals surface area contributed by atoms with Gasteiger partial charge in [0.15, 0.2) is 10.9 Å². The largest absolute Gasteiger partial charge is 1.00 e. The highest BCUT2D eigenvalue weighted by atomic mass is 79.9. The number of ether oxygens (including phenoxy) is 1. The third kappa shape index (κ3) is 4.51. The molecule has 1 atom stereocenters. The van der Waals surface area contributed by atoms with Crippen molar-refractivity contribution in [2.24, 2.45) is 0 Å². The van der Waals surface area contributed by atoms with Crippen molar-refractivity contribution >= 4 is 44.1 Å². The molecule has 25 heavy (non-hydrogen) atoms. The van der Waals surface area contributed by atoms with E-state index in [4.69, 9.17) is 16.3 Å². The van der Waals surface area contributed by atoms with Crippen molar-refractivity contribution in [3.05, 3.63) is 53.1 Å². The fraction of sp³-hybridized carbons (Fsp3) is 0.222. The Kier molecular flexibility index (Phi) is 6.81. The summed E-state index contributed by atoms with van der Waals surface area (Å²) in [4.78, 5) is 17.1. The van der Waals surface area contributed by atoms with Gasteiger partial charge in [-0.1, -0.05) is 29.0 Å². The molecular weight excluding hydrogens is 424 g/mol. The van der Waals surface area contributed by atoms with Crippen LogP contribution in [-0.2, 0) is 0 Å². The molecule has 0 bridgehead atoms. The summed E-state index contributed by atoms with van der Waals surface area (Å²) in [5.41, 5.74) is 1.44. The number of hydrogen-bond acceptors (Lipinski definition) is 5. The number of rotatable bonds is 6. The van der Waals surface area contributed by atoms with E-state index in [2.05, 4.69) is 10.3 Å². The van der Waals surface area contributed by atoms with E-state index < -0.39 is 0 Å². The van der Waals surface area contributed by atoms with Crippen molar-refractivity contribution < 1.29 is 26.5 Å². The zero-order valence-corrected chi connectivity index (χ0v) is 16.9. The third-order valence-electron chi connectivity index (χ3n) is 3.54. The predicted octanol–water partition coefficient (Wildman–Crippen LogP) is 2.04. The number of nitrogens with zero attached hydrogens (tertiary/aromatic N) is 1. The second-order valence-corrected chi connectivity index (χ2v) is 6.76. The average molecular weight is 441 g/mol. The highest BCUT2D eigenvalue weighted by molar-refractivity contribution is 7.22. The van der Waals surface area contributed by atoms with Crippen LogP contribution in [0, 0.1) is 0 Å². The Morgan fingerprint density at radius 1 is 1.28 bits per heavy atom. The van der Waals surface area contributed by atoms with Crippen molar-refractivity contribution in [3.63, 3.8) is 0 Å². The van der Waals surface area contributed by atoms with Crippen molar-refractivity contribution in [2.45, 2.75) is 19.9 Å². The molecule has 132 valence electrons. The summed E-state index contributed by atoms with van der Waals surface area (Å²) < 4.78 is 6.63. The minimum Gasteiger partial charge on any atom is -1.00 e. The van der Waals surface area contributed by atoms with Gasteiger partial charge in [0.05, 0.1) is 17.3 Å². The molecule has 0 radical (unpaired) electrons. The predicted molar refractivity (Wildman–Crippen MR) is 99.7 cm³/mol. The summed E-state index contributed by atoms with van der Waals surface area (Å²) in [5.74, 6) is 0.756. The molecule has 0 saturated heterocycles. The number of para-hydroxylation sites is 1. The first-order valence-electron chi connectivity index (χ1n) is 7.67. The van der Waals surface area contributed by atoms with Crippen LogP contribution >= 0.6 is 22.9 Å². The first kappa shape index (κ1) is 19.7. The Bertz CT molecular complexity index is 867. The van der Waals surface area contributed by atoms with Gasteiger partial charge in [-0.2, -0.15) is 0 Å². The second kappa shape index (κ2) is 8.65. The number of anilines is 1. The van der Waals surface area contributed by atoms with Crippen LogP contribution in [0.25, 0.3) is 10.2 Å². The molecule has 0 aliphatic carbocycles. The lowest BCUT2D eigenvalue weighted by Crippen LogP contribution is -3.00. The topological polar surface area (TPSA) is 51.2 Å². The van der Waals surface area contributed by atoms with E-state index in [1.807, 2.05) is 32.0 Å². The van der Waals surface area contributed by atoms with Crippen LogP contribution in [0.15, 0.2) is 42.5 Å². The molecular formula is C18H17BrClN2O2S-. The van der Waals surface area contributed by atoms with Crippen molar-refractivity contribution in [1.82, 2.24) is 4.98 Å². The molecule has 0 aliphatic heterocycles. The molecule has 0 amide bonds. The maximum absolute atomic E-state index is 12.5. The fourth-order valence-corrected chi connectivity index (χ4v) is 3.47. The molecule has 4 nitrogen and oxygen atoms in total. The third-order valence-corrected chi connectivity index (χ3v) is 4.75. The van der Waals surface area contributed by atoms with Crippen molar-refractivity contribution in [3.8, 4) is 5.75 Å². The van der Waals surface area contributed by atoms with Gasteiger partial charge in [-0.15, -0.1) is 0 Å². The van der Waals surface area contributed by atoms with E-state index in [1.165, 1.54) is 11.3 Å². The lowest BCUT2D eigenvalue weighted by atomic mass is 10.1. The Morgan fingerprint density at radius 3 is 2.68 bits per heavy atom. The Labute approximate surface area is 165 Å². The summed E-state index contributed by atoms with van der Waals surface area (Å²) in [7, 11) is 0. The van der Waals surface area contributed by atoms with Gasteiger partial charge in [0.1, 0.15) is 11.3 Å². The van der Waals surface area contributed by atoms with Gasteiger partial charge in [0.2, 0.25) is 0 Å². The normalized spacial score (nSPS) is 11.6. The van der Waals surface area contributed by atoms with Crippen molar-refractivity contribution in [2.75, 3.05) is 11.9 Å². The quantitative estimate of drug-likeness (QED) is 0.596.